The van der Waals surface area contributed by atoms with Crippen molar-refractivity contribution in [3.63, 3.8) is 0 Å². The van der Waals surface area contributed by atoms with E-state index in [1.54, 1.807) is 19.9 Å². The van der Waals surface area contributed by atoms with Gasteiger partial charge < -0.3 is 10.2 Å². The SMILES string of the molecule is CC#N.CC(C)O.CCCCO. The second-order valence-electron chi connectivity index (χ2n) is 2.39. The minimum atomic E-state index is -0.167. The Bertz CT molecular complexity index is 82.3. The van der Waals surface area contributed by atoms with Crippen LogP contribution in [0.1, 0.15) is 40.5 Å². The number of unbranched alkanes of at least 4 members (excludes halogenated alkanes) is 1. The van der Waals surface area contributed by atoms with Crippen molar-refractivity contribution >= 4 is 0 Å². The van der Waals surface area contributed by atoms with Gasteiger partial charge in [0.05, 0.1) is 6.07 Å². The van der Waals surface area contributed by atoms with Crippen molar-refractivity contribution in [2.45, 2.75) is 46.6 Å². The fraction of sp³-hybridized carbons (Fsp3) is 0.889. The van der Waals surface area contributed by atoms with Gasteiger partial charge in [-0.15, -0.1) is 0 Å². The Kier molecular flexibility index (Phi) is 32.7. The van der Waals surface area contributed by atoms with Gasteiger partial charge in [-0.1, -0.05) is 13.3 Å². The maximum atomic E-state index is 8.07. The Labute approximate surface area is 75.7 Å². The summed E-state index contributed by atoms with van der Waals surface area (Å²) in [6.07, 6.45) is 1.87. The van der Waals surface area contributed by atoms with E-state index in [1.807, 2.05) is 0 Å². The van der Waals surface area contributed by atoms with Crippen LogP contribution in [0.15, 0.2) is 0 Å². The molecule has 0 amide bonds. The van der Waals surface area contributed by atoms with Gasteiger partial charge in [0.15, 0.2) is 0 Å². The summed E-state index contributed by atoms with van der Waals surface area (Å²) in [5, 5.41) is 23.4. The molecule has 0 aliphatic rings. The second kappa shape index (κ2) is 22.4. The highest BCUT2D eigenvalue weighted by atomic mass is 16.3. The van der Waals surface area contributed by atoms with Crippen LogP contribution < -0.4 is 0 Å². The highest BCUT2D eigenvalue weighted by Gasteiger charge is 1.69. The van der Waals surface area contributed by atoms with E-state index < -0.39 is 0 Å². The molecule has 74 valence electrons. The monoisotopic (exact) mass is 175 g/mol. The highest BCUT2D eigenvalue weighted by Crippen LogP contribution is 1.78. The number of nitriles is 1. The van der Waals surface area contributed by atoms with Gasteiger partial charge in [-0.3, -0.25) is 0 Å². The van der Waals surface area contributed by atoms with Crippen molar-refractivity contribution in [1.82, 2.24) is 0 Å². The smallest absolute Gasteiger partial charge is 0.0587 e. The highest BCUT2D eigenvalue weighted by molar-refractivity contribution is 4.51. The first-order chi connectivity index (χ1) is 5.56. The van der Waals surface area contributed by atoms with E-state index in [2.05, 4.69) is 6.92 Å². The number of aliphatic hydroxyl groups is 2. The molecule has 0 heterocycles. The Morgan fingerprint density at radius 2 is 1.67 bits per heavy atom. The van der Waals surface area contributed by atoms with E-state index >= 15 is 0 Å². The molecule has 0 saturated heterocycles. The van der Waals surface area contributed by atoms with Crippen molar-refractivity contribution in [3.8, 4) is 6.07 Å². The largest absolute Gasteiger partial charge is 0.396 e. The van der Waals surface area contributed by atoms with E-state index in [9.17, 15) is 0 Å². The lowest BCUT2D eigenvalue weighted by molar-refractivity contribution is 0.216. The van der Waals surface area contributed by atoms with Crippen LogP contribution in [-0.4, -0.2) is 22.9 Å². The van der Waals surface area contributed by atoms with Crippen LogP contribution in [0.25, 0.3) is 0 Å². The van der Waals surface area contributed by atoms with Gasteiger partial charge in [0.1, 0.15) is 0 Å². The first kappa shape index (κ1) is 17.5. The Morgan fingerprint density at radius 1 is 1.42 bits per heavy atom. The van der Waals surface area contributed by atoms with Gasteiger partial charge in [0.25, 0.3) is 0 Å². The standard InChI is InChI=1S/C4H10O.C3H8O.C2H3N/c1-2-3-4-5;1-3(2)4;1-2-3/h5H,2-4H2,1H3;3-4H,1-2H3;1H3. The molecule has 12 heavy (non-hydrogen) atoms. The van der Waals surface area contributed by atoms with Crippen molar-refractivity contribution < 1.29 is 10.2 Å². The summed E-state index contributed by atoms with van der Waals surface area (Å²) in [6.45, 7) is 7.27. The van der Waals surface area contributed by atoms with Crippen molar-refractivity contribution in [2.24, 2.45) is 0 Å². The quantitative estimate of drug-likeness (QED) is 0.671. The normalized spacial score (nSPS) is 7.17. The Balaban J connectivity index is -0.000000105. The number of hydrogen-bond acceptors (Lipinski definition) is 3. The summed E-state index contributed by atoms with van der Waals surface area (Å²) < 4.78 is 0. The lowest BCUT2D eigenvalue weighted by atomic mass is 10.4. The maximum Gasteiger partial charge on any atom is 0.0587 e. The summed E-state index contributed by atoms with van der Waals surface area (Å²) in [7, 11) is 0. The molecule has 0 bridgehead atoms. The van der Waals surface area contributed by atoms with Crippen LogP contribution in [-0.2, 0) is 0 Å². The summed E-state index contributed by atoms with van der Waals surface area (Å²) in [5.74, 6) is 0. The summed E-state index contributed by atoms with van der Waals surface area (Å²) >= 11 is 0. The lowest BCUT2D eigenvalue weighted by Crippen LogP contribution is -1.85. The van der Waals surface area contributed by atoms with Gasteiger partial charge >= 0.3 is 0 Å². The van der Waals surface area contributed by atoms with Gasteiger partial charge in [0.2, 0.25) is 0 Å². The van der Waals surface area contributed by atoms with Crippen LogP contribution in [0.4, 0.5) is 0 Å². The zero-order valence-corrected chi connectivity index (χ0v) is 8.54. The number of nitrogens with zero attached hydrogens (tertiary/aromatic N) is 1. The maximum absolute atomic E-state index is 8.07. The first-order valence-electron chi connectivity index (χ1n) is 4.16. The third-order valence-corrected chi connectivity index (χ3v) is 0.512. The molecular formula is C9H21NO2. The fourth-order valence-electron chi connectivity index (χ4n) is 0.158. The second-order valence-corrected chi connectivity index (χ2v) is 2.39. The lowest BCUT2D eigenvalue weighted by Gasteiger charge is -1.80. The fourth-order valence-corrected chi connectivity index (χ4v) is 0.158. The van der Waals surface area contributed by atoms with Crippen LogP contribution in [0, 0.1) is 11.3 Å². The van der Waals surface area contributed by atoms with Crippen molar-refractivity contribution in [1.29, 1.82) is 5.26 Å². The van der Waals surface area contributed by atoms with Crippen molar-refractivity contribution in [3.05, 3.63) is 0 Å². The van der Waals surface area contributed by atoms with Gasteiger partial charge in [-0.05, 0) is 20.3 Å². The van der Waals surface area contributed by atoms with E-state index in [0.717, 1.165) is 12.8 Å². The third kappa shape index (κ3) is 335. The molecule has 0 aromatic heterocycles. The van der Waals surface area contributed by atoms with Crippen LogP contribution in [0.5, 0.6) is 0 Å². The molecule has 0 unspecified atom stereocenters. The summed E-state index contributed by atoms with van der Waals surface area (Å²) in [5.41, 5.74) is 0. The van der Waals surface area contributed by atoms with Gasteiger partial charge in [0, 0.05) is 19.6 Å². The predicted octanol–water partition coefficient (Wildman–Crippen LogP) is 1.70. The zero-order valence-electron chi connectivity index (χ0n) is 8.54. The molecule has 0 atom stereocenters. The van der Waals surface area contributed by atoms with Crippen LogP contribution in [0.3, 0.4) is 0 Å². The molecular weight excluding hydrogens is 154 g/mol. The molecule has 2 N–H and O–H groups in total. The van der Waals surface area contributed by atoms with Crippen LogP contribution in [0.2, 0.25) is 0 Å². The number of hydrogen-bond donors (Lipinski definition) is 2. The average molecular weight is 175 g/mol. The topological polar surface area (TPSA) is 64.2 Å². The van der Waals surface area contributed by atoms with E-state index in [4.69, 9.17) is 15.5 Å². The molecule has 0 aliphatic heterocycles. The Morgan fingerprint density at radius 3 is 1.67 bits per heavy atom. The van der Waals surface area contributed by atoms with E-state index in [1.165, 1.54) is 6.92 Å². The Hall–Kier alpha value is -0.590. The predicted molar refractivity (Wildman–Crippen MR) is 50.6 cm³/mol. The number of aliphatic hydroxyl groups excluding tert-OH is 2. The third-order valence-electron chi connectivity index (χ3n) is 0.512. The molecule has 0 spiro atoms. The number of rotatable bonds is 2. The minimum Gasteiger partial charge on any atom is -0.396 e. The average Bonchev–Trinajstić information content (AvgIpc) is 1.89. The summed E-state index contributed by atoms with van der Waals surface area (Å²) in [4.78, 5) is 0. The van der Waals surface area contributed by atoms with E-state index in [0.29, 0.717) is 6.61 Å². The molecule has 0 aliphatic carbocycles. The van der Waals surface area contributed by atoms with Crippen molar-refractivity contribution in [2.75, 3.05) is 6.61 Å². The molecule has 0 radical (unpaired) electrons. The van der Waals surface area contributed by atoms with Crippen LogP contribution >= 0.6 is 0 Å². The molecule has 0 fully saturated rings. The molecule has 0 saturated carbocycles. The molecule has 0 aromatic carbocycles. The molecule has 3 nitrogen and oxygen atoms in total. The minimum absolute atomic E-state index is 0.167. The molecule has 3 heteroatoms. The first-order valence-corrected chi connectivity index (χ1v) is 4.16. The molecule has 0 rings (SSSR count). The van der Waals surface area contributed by atoms with Gasteiger partial charge in [-0.2, -0.15) is 5.26 Å². The van der Waals surface area contributed by atoms with Gasteiger partial charge in [-0.25, -0.2) is 0 Å². The molecule has 0 aromatic rings. The van der Waals surface area contributed by atoms with E-state index in [-0.39, 0.29) is 6.10 Å². The zero-order chi connectivity index (χ0) is 10.4. The summed E-state index contributed by atoms with van der Waals surface area (Å²) in [6, 6.07) is 1.75.